The van der Waals surface area contributed by atoms with E-state index in [1.807, 2.05) is 18.4 Å². The van der Waals surface area contributed by atoms with Gasteiger partial charge in [-0.05, 0) is 30.4 Å². The molecule has 0 radical (unpaired) electrons. The van der Waals surface area contributed by atoms with Gasteiger partial charge in [-0.15, -0.1) is 11.3 Å². The van der Waals surface area contributed by atoms with Crippen LogP contribution in [0.2, 0.25) is 0 Å². The largest absolute Gasteiger partial charge is 0.479 e. The van der Waals surface area contributed by atoms with Crippen LogP contribution in [0.3, 0.4) is 0 Å². The van der Waals surface area contributed by atoms with E-state index >= 15 is 0 Å². The normalized spacial score (nSPS) is 18.3. The second kappa shape index (κ2) is 5.36. The SMILES string of the molecule is CC1c2ccsc2CCN1C(=O)NOCC(=O)O. The Labute approximate surface area is 108 Å². The zero-order valence-corrected chi connectivity index (χ0v) is 10.7. The molecule has 7 heteroatoms. The Morgan fingerprint density at radius 1 is 1.67 bits per heavy atom. The van der Waals surface area contributed by atoms with Crippen molar-refractivity contribution in [3.8, 4) is 0 Å². The van der Waals surface area contributed by atoms with Crippen molar-refractivity contribution in [2.45, 2.75) is 19.4 Å². The van der Waals surface area contributed by atoms with Gasteiger partial charge in [0.05, 0.1) is 6.04 Å². The molecule has 0 aromatic carbocycles. The fourth-order valence-corrected chi connectivity index (χ4v) is 2.97. The minimum Gasteiger partial charge on any atom is -0.479 e. The molecular formula is C11H14N2O4S. The predicted molar refractivity (Wildman–Crippen MR) is 65.3 cm³/mol. The molecule has 1 aliphatic heterocycles. The number of hydroxylamine groups is 1. The summed E-state index contributed by atoms with van der Waals surface area (Å²) in [5.41, 5.74) is 3.30. The average molecular weight is 270 g/mol. The number of hydrogen-bond donors (Lipinski definition) is 2. The lowest BCUT2D eigenvalue weighted by Gasteiger charge is -2.33. The molecule has 1 aliphatic rings. The van der Waals surface area contributed by atoms with Gasteiger partial charge in [-0.25, -0.2) is 15.1 Å². The fourth-order valence-electron chi connectivity index (χ4n) is 2.01. The number of rotatable bonds is 3. The molecule has 0 saturated carbocycles. The summed E-state index contributed by atoms with van der Waals surface area (Å²) in [6, 6.07) is 1.59. The molecule has 0 spiro atoms. The second-order valence-electron chi connectivity index (χ2n) is 4.01. The number of nitrogens with one attached hydrogen (secondary N) is 1. The van der Waals surface area contributed by atoms with E-state index in [4.69, 9.17) is 5.11 Å². The van der Waals surface area contributed by atoms with Crippen molar-refractivity contribution in [2.75, 3.05) is 13.2 Å². The fraction of sp³-hybridized carbons (Fsp3) is 0.455. The molecule has 1 atom stereocenters. The van der Waals surface area contributed by atoms with E-state index in [1.165, 1.54) is 4.88 Å². The number of hydrogen-bond acceptors (Lipinski definition) is 4. The highest BCUT2D eigenvalue weighted by Gasteiger charge is 2.28. The monoisotopic (exact) mass is 270 g/mol. The second-order valence-corrected chi connectivity index (χ2v) is 5.01. The number of carbonyl (C=O) groups is 2. The minimum atomic E-state index is -1.12. The third kappa shape index (κ3) is 2.62. The van der Waals surface area contributed by atoms with Crippen LogP contribution in [0.25, 0.3) is 0 Å². The molecule has 1 aromatic rings. The lowest BCUT2D eigenvalue weighted by Crippen LogP contribution is -2.44. The molecule has 98 valence electrons. The van der Waals surface area contributed by atoms with E-state index in [-0.39, 0.29) is 6.04 Å². The highest BCUT2D eigenvalue weighted by molar-refractivity contribution is 7.10. The van der Waals surface area contributed by atoms with Crippen LogP contribution < -0.4 is 5.48 Å². The summed E-state index contributed by atoms with van der Waals surface area (Å²) < 4.78 is 0. The van der Waals surface area contributed by atoms with Gasteiger partial charge in [0.2, 0.25) is 0 Å². The molecule has 1 unspecified atom stereocenters. The van der Waals surface area contributed by atoms with Crippen LogP contribution in [0.5, 0.6) is 0 Å². The summed E-state index contributed by atoms with van der Waals surface area (Å²) in [6.07, 6.45) is 0.823. The highest BCUT2D eigenvalue weighted by atomic mass is 32.1. The maximum Gasteiger partial charge on any atom is 0.341 e. The Bertz CT molecular complexity index is 460. The number of amides is 2. The molecule has 2 amide bonds. The van der Waals surface area contributed by atoms with E-state index in [2.05, 4.69) is 10.3 Å². The van der Waals surface area contributed by atoms with Crippen molar-refractivity contribution in [3.63, 3.8) is 0 Å². The quantitative estimate of drug-likeness (QED) is 0.814. The topological polar surface area (TPSA) is 78.9 Å². The first kappa shape index (κ1) is 12.8. The molecule has 2 rings (SSSR count). The van der Waals surface area contributed by atoms with Gasteiger partial charge in [-0.2, -0.15) is 0 Å². The maximum absolute atomic E-state index is 11.8. The van der Waals surface area contributed by atoms with Crippen LogP contribution in [0.1, 0.15) is 23.4 Å². The Hall–Kier alpha value is -1.60. The predicted octanol–water partition coefficient (Wildman–Crippen LogP) is 1.39. The molecule has 6 nitrogen and oxygen atoms in total. The molecule has 1 aromatic heterocycles. The number of carbonyl (C=O) groups excluding carboxylic acids is 1. The number of carboxylic acids is 1. The van der Waals surface area contributed by atoms with Gasteiger partial charge in [-0.1, -0.05) is 0 Å². The summed E-state index contributed by atoms with van der Waals surface area (Å²) >= 11 is 1.70. The number of thiophene rings is 1. The Morgan fingerprint density at radius 2 is 2.44 bits per heavy atom. The summed E-state index contributed by atoms with van der Waals surface area (Å²) in [7, 11) is 0. The third-order valence-corrected chi connectivity index (χ3v) is 3.89. The van der Waals surface area contributed by atoms with Crippen molar-refractivity contribution in [1.82, 2.24) is 10.4 Å². The summed E-state index contributed by atoms with van der Waals surface area (Å²) in [5, 5.41) is 10.4. The van der Waals surface area contributed by atoms with Crippen LogP contribution in [-0.4, -0.2) is 35.2 Å². The van der Waals surface area contributed by atoms with E-state index in [0.29, 0.717) is 6.54 Å². The first-order valence-corrected chi connectivity index (χ1v) is 6.44. The average Bonchev–Trinajstić information content (AvgIpc) is 2.77. The van der Waals surface area contributed by atoms with Gasteiger partial charge in [0, 0.05) is 11.4 Å². The first-order valence-electron chi connectivity index (χ1n) is 5.56. The van der Waals surface area contributed by atoms with Gasteiger partial charge in [0.25, 0.3) is 0 Å². The number of carboxylic acid groups (broad SMARTS) is 1. The van der Waals surface area contributed by atoms with Crippen molar-refractivity contribution in [3.05, 3.63) is 21.9 Å². The smallest absolute Gasteiger partial charge is 0.341 e. The Balaban J connectivity index is 1.94. The van der Waals surface area contributed by atoms with Crippen molar-refractivity contribution < 1.29 is 19.5 Å². The van der Waals surface area contributed by atoms with Crippen LogP contribution in [0.4, 0.5) is 4.79 Å². The maximum atomic E-state index is 11.8. The first-order chi connectivity index (χ1) is 8.59. The molecule has 18 heavy (non-hydrogen) atoms. The van der Waals surface area contributed by atoms with Gasteiger partial charge >= 0.3 is 12.0 Å². The summed E-state index contributed by atoms with van der Waals surface area (Å²) in [5.74, 6) is -1.12. The van der Waals surface area contributed by atoms with Crippen molar-refractivity contribution >= 4 is 23.3 Å². The molecule has 0 aliphatic carbocycles. The van der Waals surface area contributed by atoms with Crippen molar-refractivity contribution in [1.29, 1.82) is 0 Å². The number of urea groups is 1. The Kier molecular flexibility index (Phi) is 3.83. The number of fused-ring (bicyclic) bond motifs is 1. The lowest BCUT2D eigenvalue weighted by atomic mass is 10.0. The van der Waals surface area contributed by atoms with Crippen molar-refractivity contribution in [2.24, 2.45) is 0 Å². The van der Waals surface area contributed by atoms with Crippen LogP contribution in [0, 0.1) is 0 Å². The highest BCUT2D eigenvalue weighted by Crippen LogP contribution is 2.32. The molecule has 0 saturated heterocycles. The van der Waals surface area contributed by atoms with Gasteiger partial charge < -0.3 is 10.0 Å². The molecular weight excluding hydrogens is 256 g/mol. The number of nitrogens with zero attached hydrogens (tertiary/aromatic N) is 1. The molecule has 2 heterocycles. The van der Waals surface area contributed by atoms with Crippen LogP contribution in [-0.2, 0) is 16.1 Å². The van der Waals surface area contributed by atoms with E-state index < -0.39 is 18.6 Å². The minimum absolute atomic E-state index is 0.0200. The van der Waals surface area contributed by atoms with E-state index in [1.54, 1.807) is 16.2 Å². The van der Waals surface area contributed by atoms with Gasteiger partial charge in [0.1, 0.15) is 0 Å². The van der Waals surface area contributed by atoms with E-state index in [0.717, 1.165) is 12.0 Å². The molecule has 0 fully saturated rings. The van der Waals surface area contributed by atoms with Crippen LogP contribution in [0.15, 0.2) is 11.4 Å². The van der Waals surface area contributed by atoms with Crippen LogP contribution >= 0.6 is 11.3 Å². The lowest BCUT2D eigenvalue weighted by molar-refractivity contribution is -0.144. The van der Waals surface area contributed by atoms with Gasteiger partial charge in [-0.3, -0.25) is 4.84 Å². The molecule has 2 N–H and O–H groups in total. The van der Waals surface area contributed by atoms with E-state index in [9.17, 15) is 9.59 Å². The zero-order valence-electron chi connectivity index (χ0n) is 9.88. The standard InChI is InChI=1S/C11H14N2O4S/c1-7-8-3-5-18-9(8)2-4-13(7)11(16)12-17-6-10(14)15/h3,5,7H,2,4,6H2,1H3,(H,12,16)(H,14,15). The summed E-state index contributed by atoms with van der Waals surface area (Å²) in [4.78, 5) is 29.6. The summed E-state index contributed by atoms with van der Waals surface area (Å²) in [6.45, 7) is 2.01. The van der Waals surface area contributed by atoms with Gasteiger partial charge in [0.15, 0.2) is 6.61 Å². The zero-order chi connectivity index (χ0) is 13.1. The molecule has 0 bridgehead atoms. The Morgan fingerprint density at radius 3 is 3.17 bits per heavy atom. The third-order valence-electron chi connectivity index (χ3n) is 2.89. The number of aliphatic carboxylic acids is 1.